The van der Waals surface area contributed by atoms with Crippen molar-refractivity contribution in [2.24, 2.45) is 0 Å². The molecular formula is C22H25NO5. The lowest BCUT2D eigenvalue weighted by molar-refractivity contribution is -0.139. The topological polar surface area (TPSA) is 73.9 Å². The summed E-state index contributed by atoms with van der Waals surface area (Å²) in [4.78, 5) is 25.8. The van der Waals surface area contributed by atoms with Crippen molar-refractivity contribution >= 4 is 11.8 Å². The quantitative estimate of drug-likeness (QED) is 0.617. The number of allylic oxidation sites excluding steroid dienone is 3. The van der Waals surface area contributed by atoms with Gasteiger partial charge in [0.15, 0.2) is 17.3 Å². The van der Waals surface area contributed by atoms with E-state index in [1.54, 1.807) is 0 Å². The van der Waals surface area contributed by atoms with Gasteiger partial charge in [0.25, 0.3) is 0 Å². The average molecular weight is 383 g/mol. The van der Waals surface area contributed by atoms with E-state index in [0.29, 0.717) is 35.7 Å². The number of unbranched alkanes of at least 4 members (excludes halogenated alkanes) is 1. The van der Waals surface area contributed by atoms with E-state index in [9.17, 15) is 9.59 Å². The van der Waals surface area contributed by atoms with Crippen LogP contribution in [0, 0.1) is 0 Å². The molecule has 0 fully saturated rings. The molecule has 4 rings (SSSR count). The van der Waals surface area contributed by atoms with E-state index in [1.807, 2.05) is 32.0 Å². The van der Waals surface area contributed by atoms with Crippen molar-refractivity contribution in [1.29, 1.82) is 0 Å². The number of Topliss-reactive ketones (excluding diaryl/α,β-unsaturated/α-hetero) is 1. The molecule has 6 heteroatoms. The Balaban J connectivity index is 1.77. The van der Waals surface area contributed by atoms with Gasteiger partial charge >= 0.3 is 5.97 Å². The summed E-state index contributed by atoms with van der Waals surface area (Å²) in [7, 11) is 0. The molecule has 28 heavy (non-hydrogen) atoms. The van der Waals surface area contributed by atoms with Crippen molar-refractivity contribution in [2.75, 3.05) is 13.4 Å². The van der Waals surface area contributed by atoms with E-state index in [2.05, 4.69) is 5.32 Å². The standard InChI is InChI=1S/C22H25NO5/c1-3-4-10-26-22(25)19-13(2)23-15-6-5-7-16(24)21(15)20(19)14-8-9-17-18(11-14)28-12-27-17/h8-9,11,20,23H,3-7,10,12H2,1-2H3. The van der Waals surface area contributed by atoms with Crippen molar-refractivity contribution in [3.63, 3.8) is 0 Å². The van der Waals surface area contributed by atoms with Gasteiger partial charge < -0.3 is 19.5 Å². The molecule has 0 saturated carbocycles. The zero-order valence-electron chi connectivity index (χ0n) is 16.3. The summed E-state index contributed by atoms with van der Waals surface area (Å²) in [5.41, 5.74) is 3.69. The van der Waals surface area contributed by atoms with Crippen LogP contribution in [0.2, 0.25) is 0 Å². The predicted octanol–water partition coefficient (Wildman–Crippen LogP) is 3.73. The maximum atomic E-state index is 13.0. The molecule has 1 unspecified atom stereocenters. The number of benzene rings is 1. The lowest BCUT2D eigenvalue weighted by Crippen LogP contribution is -2.34. The highest BCUT2D eigenvalue weighted by Crippen LogP contribution is 2.45. The van der Waals surface area contributed by atoms with Crippen molar-refractivity contribution in [3.8, 4) is 11.5 Å². The minimum atomic E-state index is -0.451. The Morgan fingerprint density at radius 2 is 2.07 bits per heavy atom. The molecule has 6 nitrogen and oxygen atoms in total. The largest absolute Gasteiger partial charge is 0.462 e. The van der Waals surface area contributed by atoms with Gasteiger partial charge in [-0.25, -0.2) is 4.79 Å². The highest BCUT2D eigenvalue weighted by molar-refractivity contribution is 6.03. The monoisotopic (exact) mass is 383 g/mol. The number of rotatable bonds is 5. The number of ketones is 1. The Kier molecular flexibility index (Phi) is 5.11. The second-order valence-corrected chi connectivity index (χ2v) is 7.37. The second kappa shape index (κ2) is 7.70. The molecule has 2 aliphatic heterocycles. The number of carbonyl (C=O) groups excluding carboxylic acids is 2. The van der Waals surface area contributed by atoms with Crippen molar-refractivity contribution in [1.82, 2.24) is 5.32 Å². The molecule has 148 valence electrons. The van der Waals surface area contributed by atoms with E-state index < -0.39 is 5.92 Å². The fourth-order valence-corrected chi connectivity index (χ4v) is 4.07. The molecule has 3 aliphatic rings. The fourth-order valence-electron chi connectivity index (χ4n) is 4.07. The van der Waals surface area contributed by atoms with Crippen LogP contribution in [-0.2, 0) is 14.3 Å². The molecule has 1 aliphatic carbocycles. The predicted molar refractivity (Wildman–Crippen MR) is 103 cm³/mol. The number of nitrogens with one attached hydrogen (secondary N) is 1. The Bertz CT molecular complexity index is 883. The summed E-state index contributed by atoms with van der Waals surface area (Å²) in [6, 6.07) is 5.61. The zero-order valence-corrected chi connectivity index (χ0v) is 16.3. The molecule has 0 saturated heterocycles. The molecule has 0 spiro atoms. The van der Waals surface area contributed by atoms with Crippen LogP contribution in [0.15, 0.2) is 40.7 Å². The summed E-state index contributed by atoms with van der Waals surface area (Å²) < 4.78 is 16.5. The third-order valence-electron chi connectivity index (χ3n) is 5.46. The molecule has 1 aromatic rings. The van der Waals surface area contributed by atoms with Gasteiger partial charge in [0.05, 0.1) is 12.2 Å². The van der Waals surface area contributed by atoms with Gasteiger partial charge in [-0.3, -0.25) is 4.79 Å². The number of dihydropyridines is 1. The number of carbonyl (C=O) groups is 2. The second-order valence-electron chi connectivity index (χ2n) is 7.37. The minimum absolute atomic E-state index is 0.0859. The van der Waals surface area contributed by atoms with Crippen LogP contribution in [0.3, 0.4) is 0 Å². The van der Waals surface area contributed by atoms with Gasteiger partial charge in [-0.2, -0.15) is 0 Å². The zero-order chi connectivity index (χ0) is 19.7. The molecule has 1 aromatic carbocycles. The summed E-state index contributed by atoms with van der Waals surface area (Å²) in [6.07, 6.45) is 3.88. The van der Waals surface area contributed by atoms with E-state index in [4.69, 9.17) is 14.2 Å². The highest BCUT2D eigenvalue weighted by Gasteiger charge is 2.39. The summed E-state index contributed by atoms with van der Waals surface area (Å²) in [5.74, 6) is 0.578. The number of hydrogen-bond acceptors (Lipinski definition) is 6. The van der Waals surface area contributed by atoms with Crippen LogP contribution in [-0.4, -0.2) is 25.2 Å². The third-order valence-corrected chi connectivity index (χ3v) is 5.46. The van der Waals surface area contributed by atoms with E-state index in [1.165, 1.54) is 0 Å². The first-order valence-electron chi connectivity index (χ1n) is 9.90. The Morgan fingerprint density at radius 1 is 1.25 bits per heavy atom. The Labute approximate surface area is 164 Å². The van der Waals surface area contributed by atoms with Crippen molar-refractivity contribution in [3.05, 3.63) is 46.3 Å². The van der Waals surface area contributed by atoms with Crippen LogP contribution in [0.25, 0.3) is 0 Å². The molecule has 0 radical (unpaired) electrons. The summed E-state index contributed by atoms with van der Waals surface area (Å²) in [5, 5.41) is 3.30. The lowest BCUT2D eigenvalue weighted by Gasteiger charge is -2.34. The Morgan fingerprint density at radius 3 is 2.89 bits per heavy atom. The first kappa shape index (κ1) is 18.6. The van der Waals surface area contributed by atoms with Crippen molar-refractivity contribution in [2.45, 2.75) is 51.9 Å². The van der Waals surface area contributed by atoms with Crippen LogP contribution in [0.5, 0.6) is 11.5 Å². The van der Waals surface area contributed by atoms with Gasteiger partial charge in [0.1, 0.15) is 0 Å². The van der Waals surface area contributed by atoms with Crippen molar-refractivity contribution < 1.29 is 23.8 Å². The summed E-state index contributed by atoms with van der Waals surface area (Å²) >= 11 is 0. The van der Waals surface area contributed by atoms with E-state index in [-0.39, 0.29) is 18.5 Å². The van der Waals surface area contributed by atoms with Gasteiger partial charge in [0.2, 0.25) is 6.79 Å². The number of fused-ring (bicyclic) bond motifs is 1. The molecule has 0 amide bonds. The van der Waals surface area contributed by atoms with Gasteiger partial charge in [-0.05, 0) is 43.9 Å². The van der Waals surface area contributed by atoms with E-state index >= 15 is 0 Å². The molecule has 1 N–H and O–H groups in total. The summed E-state index contributed by atoms with van der Waals surface area (Å²) in [6.45, 7) is 4.48. The van der Waals surface area contributed by atoms with Crippen LogP contribution >= 0.6 is 0 Å². The first-order valence-corrected chi connectivity index (χ1v) is 9.90. The lowest BCUT2D eigenvalue weighted by atomic mass is 9.75. The first-order chi connectivity index (χ1) is 13.6. The average Bonchev–Trinajstić information content (AvgIpc) is 3.15. The molecule has 2 heterocycles. The normalized spacial score (nSPS) is 20.8. The minimum Gasteiger partial charge on any atom is -0.462 e. The van der Waals surface area contributed by atoms with E-state index in [0.717, 1.165) is 42.6 Å². The third kappa shape index (κ3) is 3.28. The number of esters is 1. The van der Waals surface area contributed by atoms with Crippen LogP contribution in [0.1, 0.15) is 57.4 Å². The molecule has 0 aromatic heterocycles. The SMILES string of the molecule is CCCCOC(=O)C1=C(C)NC2=C(C(=O)CCC2)C1c1ccc2c(c1)OCO2. The van der Waals surface area contributed by atoms with Gasteiger partial charge in [0, 0.05) is 29.3 Å². The van der Waals surface area contributed by atoms with Gasteiger partial charge in [-0.15, -0.1) is 0 Å². The number of ether oxygens (including phenoxy) is 3. The smallest absolute Gasteiger partial charge is 0.336 e. The molecule has 0 bridgehead atoms. The molecular weight excluding hydrogens is 358 g/mol. The molecule has 1 atom stereocenters. The van der Waals surface area contributed by atoms with Crippen LogP contribution in [0.4, 0.5) is 0 Å². The van der Waals surface area contributed by atoms with Gasteiger partial charge in [-0.1, -0.05) is 19.4 Å². The maximum absolute atomic E-state index is 13.0. The Hall–Kier alpha value is -2.76. The number of hydrogen-bond donors (Lipinski definition) is 1. The highest BCUT2D eigenvalue weighted by atomic mass is 16.7. The van der Waals surface area contributed by atoms with Crippen LogP contribution < -0.4 is 14.8 Å². The maximum Gasteiger partial charge on any atom is 0.336 e. The fraction of sp³-hybridized carbons (Fsp3) is 0.455.